The zero-order valence-electron chi connectivity index (χ0n) is 16.6. The fourth-order valence-electron chi connectivity index (χ4n) is 2.88. The summed E-state index contributed by atoms with van der Waals surface area (Å²) in [4.78, 5) is 12.0. The number of amides is 1. The van der Waals surface area contributed by atoms with Crippen LogP contribution in [0.15, 0.2) is 41.0 Å². The van der Waals surface area contributed by atoms with Crippen molar-refractivity contribution in [3.05, 3.63) is 53.5 Å². The van der Waals surface area contributed by atoms with Gasteiger partial charge < -0.3 is 9.73 Å². The predicted molar refractivity (Wildman–Crippen MR) is 115 cm³/mol. The van der Waals surface area contributed by atoms with Crippen LogP contribution >= 0.6 is 11.8 Å². The SMILES string of the molecule is Cc1cc(C)cc(N(CCCC(=O)NCCSCc2ccco2)S(C)(=O)=O)c1. The first-order valence-electron chi connectivity index (χ1n) is 9.18. The quantitative estimate of drug-likeness (QED) is 0.559. The molecule has 8 heteroatoms. The first-order chi connectivity index (χ1) is 13.3. The number of furan rings is 1. The molecule has 1 amide bonds. The summed E-state index contributed by atoms with van der Waals surface area (Å²) in [5, 5.41) is 2.87. The molecule has 28 heavy (non-hydrogen) atoms. The van der Waals surface area contributed by atoms with Gasteiger partial charge in [0.25, 0.3) is 0 Å². The molecular weight excluding hydrogens is 396 g/mol. The van der Waals surface area contributed by atoms with E-state index in [1.807, 2.05) is 44.2 Å². The highest BCUT2D eigenvalue weighted by molar-refractivity contribution is 7.98. The molecule has 0 saturated heterocycles. The topological polar surface area (TPSA) is 79.6 Å². The molecule has 0 unspecified atom stereocenters. The lowest BCUT2D eigenvalue weighted by molar-refractivity contribution is -0.121. The molecule has 154 valence electrons. The van der Waals surface area contributed by atoms with Crippen molar-refractivity contribution in [3.63, 3.8) is 0 Å². The van der Waals surface area contributed by atoms with Gasteiger partial charge in [-0.3, -0.25) is 9.10 Å². The summed E-state index contributed by atoms with van der Waals surface area (Å²) in [6.45, 7) is 4.74. The van der Waals surface area contributed by atoms with Gasteiger partial charge in [0, 0.05) is 25.3 Å². The van der Waals surface area contributed by atoms with Crippen LogP contribution in [0.5, 0.6) is 0 Å². The molecule has 1 N–H and O–H groups in total. The smallest absolute Gasteiger partial charge is 0.232 e. The van der Waals surface area contributed by atoms with Crippen LogP contribution in [0.2, 0.25) is 0 Å². The number of hydrogen-bond acceptors (Lipinski definition) is 5. The summed E-state index contributed by atoms with van der Waals surface area (Å²) in [7, 11) is -3.41. The minimum atomic E-state index is -3.41. The predicted octanol–water partition coefficient (Wildman–Crippen LogP) is 3.49. The van der Waals surface area contributed by atoms with Crippen molar-refractivity contribution >= 4 is 33.4 Å². The summed E-state index contributed by atoms with van der Waals surface area (Å²) in [5.41, 5.74) is 2.66. The molecule has 0 atom stereocenters. The van der Waals surface area contributed by atoms with Crippen LogP contribution in [0.25, 0.3) is 0 Å². The lowest BCUT2D eigenvalue weighted by atomic mass is 10.1. The van der Waals surface area contributed by atoms with Crippen molar-refractivity contribution in [2.75, 3.05) is 29.4 Å². The molecule has 1 heterocycles. The third kappa shape index (κ3) is 7.59. The van der Waals surface area contributed by atoms with Crippen LogP contribution in [0.4, 0.5) is 5.69 Å². The molecule has 0 radical (unpaired) electrons. The molecule has 1 aromatic heterocycles. The van der Waals surface area contributed by atoms with Crippen molar-refractivity contribution < 1.29 is 17.6 Å². The van der Waals surface area contributed by atoms with Gasteiger partial charge in [-0.1, -0.05) is 6.07 Å². The number of nitrogens with one attached hydrogen (secondary N) is 1. The zero-order chi connectivity index (χ0) is 20.6. The number of thioether (sulfide) groups is 1. The summed E-state index contributed by atoms with van der Waals surface area (Å²) >= 11 is 1.69. The zero-order valence-corrected chi connectivity index (χ0v) is 18.2. The van der Waals surface area contributed by atoms with Crippen LogP contribution in [0, 0.1) is 13.8 Å². The Kier molecular flexibility index (Phi) is 8.44. The maximum Gasteiger partial charge on any atom is 0.232 e. The van der Waals surface area contributed by atoms with E-state index >= 15 is 0 Å². The number of aryl methyl sites for hydroxylation is 2. The number of carbonyl (C=O) groups is 1. The molecule has 2 aromatic rings. The number of sulfonamides is 1. The number of hydrogen-bond donors (Lipinski definition) is 1. The van der Waals surface area contributed by atoms with Crippen molar-refractivity contribution in [1.82, 2.24) is 5.32 Å². The molecule has 0 saturated carbocycles. The van der Waals surface area contributed by atoms with Crippen LogP contribution < -0.4 is 9.62 Å². The van der Waals surface area contributed by atoms with E-state index in [9.17, 15) is 13.2 Å². The maximum absolute atomic E-state index is 12.2. The molecule has 0 aliphatic rings. The monoisotopic (exact) mass is 424 g/mol. The highest BCUT2D eigenvalue weighted by Gasteiger charge is 2.18. The van der Waals surface area contributed by atoms with E-state index in [-0.39, 0.29) is 12.5 Å². The Bertz CT molecular complexity index is 844. The molecule has 0 bridgehead atoms. The summed E-state index contributed by atoms with van der Waals surface area (Å²) in [6.07, 6.45) is 3.60. The second kappa shape index (κ2) is 10.6. The fourth-order valence-corrected chi connectivity index (χ4v) is 4.59. The van der Waals surface area contributed by atoms with Gasteiger partial charge in [-0.15, -0.1) is 0 Å². The van der Waals surface area contributed by atoms with Crippen molar-refractivity contribution in [2.24, 2.45) is 0 Å². The summed E-state index contributed by atoms with van der Waals surface area (Å²) in [6, 6.07) is 9.49. The summed E-state index contributed by atoms with van der Waals surface area (Å²) in [5.74, 6) is 2.43. The largest absolute Gasteiger partial charge is 0.468 e. The molecular formula is C20H28N2O4S2. The first kappa shape index (κ1) is 22.4. The van der Waals surface area contributed by atoms with Gasteiger partial charge in [0.05, 0.1) is 24.0 Å². The van der Waals surface area contributed by atoms with Gasteiger partial charge in [0.2, 0.25) is 15.9 Å². The average molecular weight is 425 g/mol. The Morgan fingerprint density at radius 1 is 1.21 bits per heavy atom. The van der Waals surface area contributed by atoms with Gasteiger partial charge in [-0.25, -0.2) is 8.42 Å². The lowest BCUT2D eigenvalue weighted by Gasteiger charge is -2.23. The van der Waals surface area contributed by atoms with Gasteiger partial charge in [-0.05, 0) is 55.7 Å². The Hall–Kier alpha value is -1.93. The van der Waals surface area contributed by atoms with Gasteiger partial charge in [0.15, 0.2) is 0 Å². The maximum atomic E-state index is 12.2. The number of benzene rings is 1. The van der Waals surface area contributed by atoms with E-state index in [0.717, 1.165) is 28.4 Å². The van der Waals surface area contributed by atoms with Crippen LogP contribution in [-0.4, -0.2) is 39.4 Å². The molecule has 0 aliphatic carbocycles. The Morgan fingerprint density at radius 2 is 1.93 bits per heavy atom. The van der Waals surface area contributed by atoms with Crippen molar-refractivity contribution in [1.29, 1.82) is 0 Å². The third-order valence-electron chi connectivity index (χ3n) is 4.05. The molecule has 6 nitrogen and oxygen atoms in total. The highest BCUT2D eigenvalue weighted by Crippen LogP contribution is 2.21. The van der Waals surface area contributed by atoms with E-state index in [1.54, 1.807) is 18.0 Å². The number of anilines is 1. The van der Waals surface area contributed by atoms with Crippen LogP contribution in [0.1, 0.15) is 29.7 Å². The molecule has 1 aromatic carbocycles. The van der Waals surface area contributed by atoms with E-state index < -0.39 is 10.0 Å². The number of nitrogens with zero attached hydrogens (tertiary/aromatic N) is 1. The fraction of sp³-hybridized carbons (Fsp3) is 0.450. The molecule has 0 aliphatic heterocycles. The lowest BCUT2D eigenvalue weighted by Crippen LogP contribution is -2.32. The van der Waals surface area contributed by atoms with Crippen molar-refractivity contribution in [3.8, 4) is 0 Å². The first-order valence-corrected chi connectivity index (χ1v) is 12.2. The van der Waals surface area contributed by atoms with Crippen LogP contribution in [0.3, 0.4) is 0 Å². The standard InChI is InChI=1S/C20H28N2O4S2/c1-16-12-17(2)14-18(13-16)22(28(3,24)25)9-4-7-20(23)21-8-11-27-15-19-6-5-10-26-19/h5-6,10,12-14H,4,7-9,11,15H2,1-3H3,(H,21,23). The van der Waals surface area contributed by atoms with E-state index in [2.05, 4.69) is 5.32 Å². The number of carbonyl (C=O) groups excluding carboxylic acids is 1. The van der Waals surface area contributed by atoms with Crippen LogP contribution in [-0.2, 0) is 20.6 Å². The van der Waals surface area contributed by atoms with Crippen molar-refractivity contribution in [2.45, 2.75) is 32.4 Å². The average Bonchev–Trinajstić information content (AvgIpc) is 3.09. The Balaban J connectivity index is 1.74. The Morgan fingerprint density at radius 3 is 2.54 bits per heavy atom. The molecule has 0 spiro atoms. The van der Waals surface area contributed by atoms with E-state index in [4.69, 9.17) is 4.42 Å². The second-order valence-electron chi connectivity index (χ2n) is 6.77. The minimum absolute atomic E-state index is 0.0625. The van der Waals surface area contributed by atoms with E-state index in [1.165, 1.54) is 10.6 Å². The second-order valence-corrected chi connectivity index (χ2v) is 9.78. The number of rotatable bonds is 11. The van der Waals surface area contributed by atoms with Gasteiger partial charge >= 0.3 is 0 Å². The normalized spacial score (nSPS) is 11.4. The van der Waals surface area contributed by atoms with Gasteiger partial charge in [0.1, 0.15) is 5.76 Å². The summed E-state index contributed by atoms with van der Waals surface area (Å²) < 4.78 is 31.0. The third-order valence-corrected chi connectivity index (χ3v) is 6.23. The highest BCUT2D eigenvalue weighted by atomic mass is 32.2. The molecule has 0 fully saturated rings. The van der Waals surface area contributed by atoms with Gasteiger partial charge in [-0.2, -0.15) is 11.8 Å². The molecule has 2 rings (SSSR count). The van der Waals surface area contributed by atoms with E-state index in [0.29, 0.717) is 25.1 Å². The minimum Gasteiger partial charge on any atom is -0.468 e. The Labute approximate surface area is 171 Å².